The van der Waals surface area contributed by atoms with Crippen LogP contribution in [-0.2, 0) is 4.79 Å². The molecule has 21 heavy (non-hydrogen) atoms. The Labute approximate surface area is 123 Å². The van der Waals surface area contributed by atoms with Crippen molar-refractivity contribution < 1.29 is 4.79 Å². The Morgan fingerprint density at radius 3 is 2.76 bits per heavy atom. The summed E-state index contributed by atoms with van der Waals surface area (Å²) in [6.07, 6.45) is 0. The summed E-state index contributed by atoms with van der Waals surface area (Å²) < 4.78 is 0. The zero-order valence-corrected chi connectivity index (χ0v) is 12.2. The van der Waals surface area contributed by atoms with Gasteiger partial charge in [0.15, 0.2) is 5.84 Å². The van der Waals surface area contributed by atoms with E-state index in [0.717, 1.165) is 28.7 Å². The smallest absolute Gasteiger partial charge is 0.287 e. The number of hydrogen-bond donors (Lipinski definition) is 2. The third-order valence-electron chi connectivity index (χ3n) is 3.43. The van der Waals surface area contributed by atoms with Gasteiger partial charge in [0.2, 0.25) is 0 Å². The summed E-state index contributed by atoms with van der Waals surface area (Å²) in [5, 5.41) is 8.18. The standard InChI is InChI=1S/C16H18N4O/c1-20(2)10-9-17-16(21)15-18-12-7-3-5-11-6-4-8-13(19-15)14(11)12/h3-8H,9-10H2,1-2H3,(H,17,21)(H,18,19). The number of likely N-dealkylation sites (N-methyl/N-ethyl adjacent to an activating group) is 1. The van der Waals surface area contributed by atoms with Crippen molar-refractivity contribution in [1.29, 1.82) is 0 Å². The van der Waals surface area contributed by atoms with Crippen molar-refractivity contribution in [3.05, 3.63) is 36.4 Å². The highest BCUT2D eigenvalue weighted by atomic mass is 16.2. The molecule has 2 aromatic carbocycles. The molecular formula is C16H18N4O. The second-order valence-electron chi connectivity index (χ2n) is 5.33. The Hall–Kier alpha value is -2.40. The summed E-state index contributed by atoms with van der Waals surface area (Å²) in [6.45, 7) is 1.39. The lowest BCUT2D eigenvalue weighted by Crippen LogP contribution is -2.39. The highest BCUT2D eigenvalue weighted by molar-refractivity contribution is 6.44. The number of amidine groups is 1. The molecule has 0 spiro atoms. The van der Waals surface area contributed by atoms with Crippen molar-refractivity contribution in [1.82, 2.24) is 10.2 Å². The number of benzene rings is 2. The molecule has 1 aliphatic heterocycles. The Morgan fingerprint density at radius 2 is 2.00 bits per heavy atom. The Kier molecular flexibility index (Phi) is 3.58. The average Bonchev–Trinajstić information content (AvgIpc) is 2.47. The van der Waals surface area contributed by atoms with E-state index < -0.39 is 0 Å². The number of carbonyl (C=O) groups excluding carboxylic acids is 1. The molecule has 0 radical (unpaired) electrons. The van der Waals surface area contributed by atoms with E-state index in [9.17, 15) is 4.79 Å². The maximum Gasteiger partial charge on any atom is 0.287 e. The fraction of sp³-hybridized carbons (Fsp3) is 0.250. The van der Waals surface area contributed by atoms with Crippen LogP contribution >= 0.6 is 0 Å². The minimum absolute atomic E-state index is 0.177. The van der Waals surface area contributed by atoms with Crippen molar-refractivity contribution in [2.24, 2.45) is 4.99 Å². The maximum atomic E-state index is 12.2. The van der Waals surface area contributed by atoms with Crippen LogP contribution in [0.15, 0.2) is 41.4 Å². The van der Waals surface area contributed by atoms with Crippen molar-refractivity contribution in [2.45, 2.75) is 0 Å². The number of nitrogens with zero attached hydrogens (tertiary/aromatic N) is 2. The van der Waals surface area contributed by atoms with E-state index in [1.54, 1.807) is 0 Å². The van der Waals surface area contributed by atoms with E-state index in [1.807, 2.05) is 55.4 Å². The largest absolute Gasteiger partial charge is 0.348 e. The number of nitrogens with one attached hydrogen (secondary N) is 2. The Bertz CT molecular complexity index is 716. The molecule has 0 aromatic heterocycles. The fourth-order valence-corrected chi connectivity index (χ4v) is 2.38. The number of amides is 1. The lowest BCUT2D eigenvalue weighted by molar-refractivity contribution is -0.114. The molecule has 0 atom stereocenters. The fourth-order valence-electron chi connectivity index (χ4n) is 2.38. The lowest BCUT2D eigenvalue weighted by atomic mass is 10.1. The van der Waals surface area contributed by atoms with Gasteiger partial charge < -0.3 is 15.5 Å². The summed E-state index contributed by atoms with van der Waals surface area (Å²) >= 11 is 0. The van der Waals surface area contributed by atoms with Crippen LogP contribution in [0.4, 0.5) is 11.4 Å². The molecule has 1 aliphatic rings. The monoisotopic (exact) mass is 282 g/mol. The average molecular weight is 282 g/mol. The third kappa shape index (κ3) is 2.73. The molecule has 2 aromatic rings. The van der Waals surface area contributed by atoms with Crippen LogP contribution in [0.25, 0.3) is 10.8 Å². The molecule has 3 rings (SSSR count). The molecule has 1 heterocycles. The summed E-state index contributed by atoms with van der Waals surface area (Å²) in [4.78, 5) is 18.6. The summed E-state index contributed by atoms with van der Waals surface area (Å²) in [5.41, 5.74) is 1.76. The van der Waals surface area contributed by atoms with Crippen LogP contribution in [0, 0.1) is 0 Å². The molecule has 0 aliphatic carbocycles. The highest BCUT2D eigenvalue weighted by Gasteiger charge is 2.18. The normalized spacial score (nSPS) is 13.0. The molecule has 0 bridgehead atoms. The maximum absolute atomic E-state index is 12.2. The van der Waals surface area contributed by atoms with Gasteiger partial charge in [-0.05, 0) is 31.6 Å². The van der Waals surface area contributed by atoms with Crippen LogP contribution in [0.1, 0.15) is 0 Å². The third-order valence-corrected chi connectivity index (χ3v) is 3.43. The number of hydrogen-bond acceptors (Lipinski definition) is 4. The van der Waals surface area contributed by atoms with Gasteiger partial charge in [-0.25, -0.2) is 4.99 Å². The molecular weight excluding hydrogens is 264 g/mol. The van der Waals surface area contributed by atoms with E-state index in [1.165, 1.54) is 0 Å². The Balaban J connectivity index is 1.85. The molecule has 5 nitrogen and oxygen atoms in total. The predicted octanol–water partition coefficient (Wildman–Crippen LogP) is 1.97. The van der Waals surface area contributed by atoms with E-state index in [0.29, 0.717) is 12.4 Å². The topological polar surface area (TPSA) is 56.7 Å². The summed E-state index contributed by atoms with van der Waals surface area (Å²) in [7, 11) is 3.94. The zero-order valence-electron chi connectivity index (χ0n) is 12.2. The van der Waals surface area contributed by atoms with E-state index in [4.69, 9.17) is 0 Å². The second kappa shape index (κ2) is 5.54. The van der Waals surface area contributed by atoms with Gasteiger partial charge in [0.05, 0.1) is 5.69 Å². The van der Waals surface area contributed by atoms with Gasteiger partial charge in [-0.2, -0.15) is 0 Å². The van der Waals surface area contributed by atoms with Gasteiger partial charge in [-0.1, -0.05) is 24.3 Å². The van der Waals surface area contributed by atoms with Gasteiger partial charge in [-0.15, -0.1) is 0 Å². The number of rotatable bonds is 4. The molecule has 0 fully saturated rings. The van der Waals surface area contributed by atoms with Crippen LogP contribution in [-0.4, -0.2) is 43.8 Å². The van der Waals surface area contributed by atoms with Crippen LogP contribution in [0.2, 0.25) is 0 Å². The molecule has 5 heteroatoms. The summed E-state index contributed by atoms with van der Waals surface area (Å²) in [5.74, 6) is 0.170. The SMILES string of the molecule is CN(C)CCNC(=O)C1=Nc2cccc3cccc(c23)N1. The first kappa shape index (κ1) is 13.6. The highest BCUT2D eigenvalue weighted by Crippen LogP contribution is 2.35. The summed E-state index contributed by atoms with van der Waals surface area (Å²) in [6, 6.07) is 11.9. The second-order valence-corrected chi connectivity index (χ2v) is 5.33. The molecule has 0 saturated heterocycles. The number of carbonyl (C=O) groups is 1. The van der Waals surface area contributed by atoms with E-state index in [-0.39, 0.29) is 5.91 Å². The Morgan fingerprint density at radius 1 is 1.24 bits per heavy atom. The minimum Gasteiger partial charge on any atom is -0.348 e. The van der Waals surface area contributed by atoms with Crippen LogP contribution < -0.4 is 10.6 Å². The van der Waals surface area contributed by atoms with Crippen molar-refractivity contribution in [3.8, 4) is 0 Å². The van der Waals surface area contributed by atoms with Crippen LogP contribution in [0.5, 0.6) is 0 Å². The van der Waals surface area contributed by atoms with E-state index >= 15 is 0 Å². The van der Waals surface area contributed by atoms with Gasteiger partial charge in [0, 0.05) is 24.2 Å². The first-order valence-electron chi connectivity index (χ1n) is 6.95. The molecule has 1 amide bonds. The van der Waals surface area contributed by atoms with Gasteiger partial charge in [-0.3, -0.25) is 4.79 Å². The van der Waals surface area contributed by atoms with Crippen molar-refractivity contribution in [2.75, 3.05) is 32.5 Å². The molecule has 2 N–H and O–H groups in total. The van der Waals surface area contributed by atoms with Crippen molar-refractivity contribution >= 4 is 33.9 Å². The number of anilines is 1. The predicted molar refractivity (Wildman–Crippen MR) is 86.2 cm³/mol. The number of aliphatic imine (C=N–C) groups is 1. The van der Waals surface area contributed by atoms with Crippen LogP contribution in [0.3, 0.4) is 0 Å². The van der Waals surface area contributed by atoms with Crippen molar-refractivity contribution in [3.63, 3.8) is 0 Å². The van der Waals surface area contributed by atoms with Gasteiger partial charge in [0.1, 0.15) is 0 Å². The lowest BCUT2D eigenvalue weighted by Gasteiger charge is -2.18. The van der Waals surface area contributed by atoms with E-state index in [2.05, 4.69) is 15.6 Å². The molecule has 0 saturated carbocycles. The molecule has 0 unspecified atom stereocenters. The first-order chi connectivity index (χ1) is 10.1. The van der Waals surface area contributed by atoms with Gasteiger partial charge in [0.25, 0.3) is 5.91 Å². The first-order valence-corrected chi connectivity index (χ1v) is 6.95. The minimum atomic E-state index is -0.177. The molecule has 108 valence electrons. The van der Waals surface area contributed by atoms with Gasteiger partial charge >= 0.3 is 0 Å². The zero-order chi connectivity index (χ0) is 14.8. The quantitative estimate of drug-likeness (QED) is 0.901.